The van der Waals surface area contributed by atoms with Crippen LogP contribution in [0.15, 0.2) is 54.1 Å². The summed E-state index contributed by atoms with van der Waals surface area (Å²) < 4.78 is 11.5. The van der Waals surface area contributed by atoms with E-state index >= 15 is 0 Å². The normalized spacial score (nSPS) is 30.7. The fourth-order valence-electron chi connectivity index (χ4n) is 8.01. The monoisotopic (exact) mass is 758 g/mol. The molecule has 6 amide bonds. The van der Waals surface area contributed by atoms with Crippen molar-refractivity contribution in [3.8, 4) is 11.5 Å². The molecule has 4 aliphatic rings. The molecule has 294 valence electrons. The number of nitrogens with zero attached hydrogens (tertiary/aromatic N) is 3. The highest BCUT2D eigenvalue weighted by molar-refractivity contribution is 5.98. The Morgan fingerprint density at radius 2 is 1.36 bits per heavy atom. The van der Waals surface area contributed by atoms with Crippen LogP contribution in [0.1, 0.15) is 56.2 Å². The summed E-state index contributed by atoms with van der Waals surface area (Å²) in [5.41, 5.74) is 3.06. The van der Waals surface area contributed by atoms with Crippen LogP contribution in [0.25, 0.3) is 0 Å². The number of hydrogen-bond donors (Lipinski definition) is 4. The van der Waals surface area contributed by atoms with Crippen molar-refractivity contribution in [2.75, 3.05) is 28.3 Å². The summed E-state index contributed by atoms with van der Waals surface area (Å²) in [7, 11) is 5.96. The molecule has 4 N–H and O–H groups in total. The van der Waals surface area contributed by atoms with Gasteiger partial charge < -0.3 is 45.2 Å². The van der Waals surface area contributed by atoms with Crippen molar-refractivity contribution in [3.05, 3.63) is 70.8 Å². The number of hydrogen-bond acceptors (Lipinski definition) is 9. The molecule has 0 spiro atoms. The molecule has 3 aliphatic heterocycles. The van der Waals surface area contributed by atoms with Crippen LogP contribution in [-0.2, 0) is 41.6 Å². The van der Waals surface area contributed by atoms with Crippen molar-refractivity contribution in [2.45, 2.75) is 101 Å². The zero-order valence-electron chi connectivity index (χ0n) is 32.2. The van der Waals surface area contributed by atoms with Gasteiger partial charge >= 0.3 is 0 Å². The summed E-state index contributed by atoms with van der Waals surface area (Å²) in [5.74, 6) is -2.71. The molecule has 6 rings (SSSR count). The Hall–Kier alpha value is -5.44. The number of fused-ring (bicyclic) bond motifs is 4. The van der Waals surface area contributed by atoms with E-state index in [0.717, 1.165) is 16.7 Å². The molecule has 2 aromatic rings. The van der Waals surface area contributed by atoms with Crippen molar-refractivity contribution < 1.29 is 43.3 Å². The highest BCUT2D eigenvalue weighted by Crippen LogP contribution is 2.48. The average Bonchev–Trinajstić information content (AvgIpc) is 3.56. The second kappa shape index (κ2) is 15.7. The molecule has 2 aromatic carbocycles. The smallest absolute Gasteiger partial charge is 0.246 e. The molecule has 15 heteroatoms. The first-order valence-electron chi connectivity index (χ1n) is 18.6. The minimum atomic E-state index is -1.13. The van der Waals surface area contributed by atoms with Gasteiger partial charge in [0.25, 0.3) is 0 Å². The van der Waals surface area contributed by atoms with E-state index < -0.39 is 83.9 Å². The number of carbonyl (C=O) groups excluding carboxylic acids is 6. The van der Waals surface area contributed by atoms with Gasteiger partial charge in [0.1, 0.15) is 53.9 Å². The van der Waals surface area contributed by atoms with Crippen molar-refractivity contribution in [1.82, 2.24) is 30.7 Å². The van der Waals surface area contributed by atoms with E-state index in [1.54, 1.807) is 30.3 Å². The molecular formula is C40H50N6O9. The fraction of sp³-hybridized carbons (Fsp3) is 0.500. The SMILES string of the molecule is COc1ccc(C[C@H]2C(=O)N[C@@H](C)C(=O)N(C)[C@H]3Cc4ccc5c(c4)[C@H]4C(=CC[C@@H](O)[C@H]4O5)C[C@@H](C(=O)N[C@H](C)C(=O)N[C@@H](C)C(=O)N2C)N(C)C3=O)cc1. The topological polar surface area (TPSA) is 187 Å². The third kappa shape index (κ3) is 7.75. The lowest BCUT2D eigenvalue weighted by molar-refractivity contribution is -0.149. The molecule has 9 atom stereocenters. The van der Waals surface area contributed by atoms with Crippen molar-refractivity contribution >= 4 is 35.4 Å². The molecule has 4 bridgehead atoms. The molecule has 1 aliphatic carbocycles. The first-order chi connectivity index (χ1) is 26.1. The Bertz CT molecular complexity index is 1900. The predicted molar refractivity (Wildman–Crippen MR) is 200 cm³/mol. The largest absolute Gasteiger partial charge is 0.497 e. The first-order valence-corrected chi connectivity index (χ1v) is 18.6. The van der Waals surface area contributed by atoms with E-state index in [-0.39, 0.29) is 31.6 Å². The highest BCUT2D eigenvalue weighted by Gasteiger charge is 2.46. The van der Waals surface area contributed by atoms with Gasteiger partial charge in [-0.15, -0.1) is 0 Å². The number of nitrogens with one attached hydrogen (secondary N) is 3. The summed E-state index contributed by atoms with van der Waals surface area (Å²) in [6.07, 6.45) is 0.992. The van der Waals surface area contributed by atoms with Crippen LogP contribution >= 0.6 is 0 Å². The van der Waals surface area contributed by atoms with E-state index in [2.05, 4.69) is 16.0 Å². The lowest BCUT2D eigenvalue weighted by Gasteiger charge is -2.37. The van der Waals surface area contributed by atoms with E-state index in [1.807, 2.05) is 18.2 Å². The van der Waals surface area contributed by atoms with Crippen molar-refractivity contribution in [3.63, 3.8) is 0 Å². The van der Waals surface area contributed by atoms with Crippen LogP contribution in [0.4, 0.5) is 0 Å². The molecule has 55 heavy (non-hydrogen) atoms. The molecule has 1 fully saturated rings. The van der Waals surface area contributed by atoms with E-state index in [0.29, 0.717) is 17.1 Å². The summed E-state index contributed by atoms with van der Waals surface area (Å²) in [6.45, 7) is 4.47. The molecular weight excluding hydrogens is 708 g/mol. The second-order valence-electron chi connectivity index (χ2n) is 15.1. The van der Waals surface area contributed by atoms with Gasteiger partial charge in [-0.3, -0.25) is 28.8 Å². The number of methoxy groups -OCH3 is 1. The van der Waals surface area contributed by atoms with Crippen LogP contribution in [0.2, 0.25) is 0 Å². The van der Waals surface area contributed by atoms with Crippen molar-refractivity contribution in [2.24, 2.45) is 0 Å². The van der Waals surface area contributed by atoms with Crippen LogP contribution in [-0.4, -0.2) is 132 Å². The quantitative estimate of drug-likeness (QED) is 0.322. The summed E-state index contributed by atoms with van der Waals surface area (Å²) in [5, 5.41) is 19.1. The molecule has 3 heterocycles. The van der Waals surface area contributed by atoms with Gasteiger partial charge in [0.15, 0.2) is 0 Å². The Morgan fingerprint density at radius 3 is 2.04 bits per heavy atom. The standard InChI is InChI=1S/C40H50N6O9/c1-20-35(48)42-21(2)38(51)44(4)28(17-23-8-12-26(54-7)13-9-23)36(49)43-22(3)39(52)46(6)30-18-24-10-15-32-27(16-24)33-25(11-14-31(47)34(33)55-32)19-29(37(50)41-20)45(5)40(30)53/h8-13,15-16,20-22,28-31,33-34,47H,14,17-19H2,1-7H3,(H,41,50)(H,42,48)(H,43,49)/t20-,21+,22+,28+,29+,30+,31-,33-,34-/m1/s1. The number of carbonyl (C=O) groups is 6. The maximum atomic E-state index is 14.6. The lowest BCUT2D eigenvalue weighted by atomic mass is 9.77. The molecule has 0 aromatic heterocycles. The summed E-state index contributed by atoms with van der Waals surface area (Å²) in [6, 6.07) is 5.85. The number of benzene rings is 2. The van der Waals surface area contributed by atoms with Gasteiger partial charge in [-0.1, -0.05) is 35.9 Å². The third-order valence-electron chi connectivity index (χ3n) is 11.4. The van der Waals surface area contributed by atoms with Gasteiger partial charge in [0.2, 0.25) is 35.4 Å². The Kier molecular flexibility index (Phi) is 11.2. The number of amides is 6. The van der Waals surface area contributed by atoms with Crippen LogP contribution in [0, 0.1) is 0 Å². The number of aliphatic hydroxyl groups excluding tert-OH is 1. The number of ether oxygens (including phenoxy) is 2. The zero-order valence-corrected chi connectivity index (χ0v) is 32.2. The Balaban J connectivity index is 1.40. The van der Waals surface area contributed by atoms with Gasteiger partial charge in [0.05, 0.1) is 13.2 Å². The van der Waals surface area contributed by atoms with Gasteiger partial charge in [0, 0.05) is 45.5 Å². The number of likely N-dealkylation sites (N-methyl/N-ethyl adjacent to an activating group) is 3. The molecule has 0 radical (unpaired) electrons. The summed E-state index contributed by atoms with van der Waals surface area (Å²) >= 11 is 0. The molecule has 15 nitrogen and oxygen atoms in total. The van der Waals surface area contributed by atoms with Crippen LogP contribution < -0.4 is 25.4 Å². The molecule has 0 unspecified atom stereocenters. The van der Waals surface area contributed by atoms with E-state index in [1.165, 1.54) is 63.7 Å². The first kappa shape index (κ1) is 39.3. The van der Waals surface area contributed by atoms with Crippen molar-refractivity contribution in [1.29, 1.82) is 0 Å². The Labute approximate surface area is 320 Å². The second-order valence-corrected chi connectivity index (χ2v) is 15.1. The maximum Gasteiger partial charge on any atom is 0.246 e. The average molecular weight is 759 g/mol. The lowest BCUT2D eigenvalue weighted by Crippen LogP contribution is -2.61. The predicted octanol–water partition coefficient (Wildman–Crippen LogP) is 0.428. The van der Waals surface area contributed by atoms with Gasteiger partial charge in [-0.05, 0) is 62.9 Å². The van der Waals surface area contributed by atoms with Crippen LogP contribution in [0.5, 0.6) is 11.5 Å². The molecule has 1 saturated heterocycles. The minimum Gasteiger partial charge on any atom is -0.497 e. The van der Waals surface area contributed by atoms with Gasteiger partial charge in [-0.25, -0.2) is 0 Å². The number of rotatable bonds is 3. The Morgan fingerprint density at radius 1 is 0.745 bits per heavy atom. The highest BCUT2D eigenvalue weighted by atomic mass is 16.5. The van der Waals surface area contributed by atoms with Crippen LogP contribution in [0.3, 0.4) is 0 Å². The minimum absolute atomic E-state index is 0.0649. The third-order valence-corrected chi connectivity index (χ3v) is 11.4. The zero-order chi connectivity index (χ0) is 39.9. The summed E-state index contributed by atoms with van der Waals surface area (Å²) in [4.78, 5) is 88.3. The van der Waals surface area contributed by atoms with Gasteiger partial charge in [-0.2, -0.15) is 0 Å². The fourth-order valence-corrected chi connectivity index (χ4v) is 8.01. The maximum absolute atomic E-state index is 14.6. The van der Waals surface area contributed by atoms with E-state index in [9.17, 15) is 33.9 Å². The number of aliphatic hydroxyl groups is 1. The van der Waals surface area contributed by atoms with E-state index in [4.69, 9.17) is 9.47 Å². The molecule has 0 saturated carbocycles.